The minimum atomic E-state index is -3.84. The fraction of sp³-hybridized carbons (Fsp3) is 0.360. The molecule has 1 heterocycles. The van der Waals surface area contributed by atoms with E-state index in [4.69, 9.17) is 5.21 Å². The van der Waals surface area contributed by atoms with Gasteiger partial charge in [-0.25, -0.2) is 13.9 Å². The molecule has 9 heteroatoms. The van der Waals surface area contributed by atoms with E-state index in [0.717, 1.165) is 29.3 Å². The summed E-state index contributed by atoms with van der Waals surface area (Å²) in [6, 6.07) is 16.4. The summed E-state index contributed by atoms with van der Waals surface area (Å²) in [5, 5.41) is 13.8. The van der Waals surface area contributed by atoms with Crippen LogP contribution < -0.4 is 16.4 Å². The number of benzene rings is 2. The molecule has 1 saturated carbocycles. The molecule has 1 aromatic heterocycles. The van der Waals surface area contributed by atoms with Gasteiger partial charge in [0.1, 0.15) is 0 Å². The third-order valence-corrected chi connectivity index (χ3v) is 8.69. The molecule has 0 radical (unpaired) electrons. The van der Waals surface area contributed by atoms with Crippen LogP contribution in [0.25, 0.3) is 21.9 Å². The van der Waals surface area contributed by atoms with Crippen molar-refractivity contribution in [3.8, 4) is 11.1 Å². The zero-order valence-corrected chi connectivity index (χ0v) is 20.1. The molecule has 0 aliphatic heterocycles. The van der Waals surface area contributed by atoms with Crippen LogP contribution in [0.4, 0.5) is 0 Å². The molecule has 1 aliphatic carbocycles. The molecule has 1 aliphatic rings. The highest BCUT2D eigenvalue weighted by Crippen LogP contribution is 2.25. The van der Waals surface area contributed by atoms with Gasteiger partial charge in [0.25, 0.3) is 11.5 Å². The summed E-state index contributed by atoms with van der Waals surface area (Å²) < 4.78 is 23.9. The Balaban J connectivity index is 1.54. The predicted octanol–water partition coefficient (Wildman–Crippen LogP) is 2.62. The molecular weight excluding hydrogens is 454 g/mol. The third-order valence-electron chi connectivity index (χ3n) is 6.67. The SMILES string of the molecule is C[C@@](CCn1ccc2cc(-c3ccc(CNC4CC4)cc3)ccc2c1=O)(C(=O)NO)S(C)(=O)=O. The topological polar surface area (TPSA) is 118 Å². The lowest BCUT2D eigenvalue weighted by molar-refractivity contribution is -0.131. The van der Waals surface area contributed by atoms with Crippen molar-refractivity contribution in [3.05, 3.63) is 70.6 Å². The van der Waals surface area contributed by atoms with Crippen molar-refractivity contribution in [1.82, 2.24) is 15.4 Å². The van der Waals surface area contributed by atoms with E-state index in [0.29, 0.717) is 11.4 Å². The lowest BCUT2D eigenvalue weighted by Crippen LogP contribution is -2.49. The van der Waals surface area contributed by atoms with Crippen LogP contribution in [0.2, 0.25) is 0 Å². The second-order valence-corrected chi connectivity index (χ2v) is 11.6. The first-order chi connectivity index (χ1) is 16.1. The van der Waals surface area contributed by atoms with Crippen LogP contribution in [0.15, 0.2) is 59.5 Å². The highest BCUT2D eigenvalue weighted by molar-refractivity contribution is 7.92. The molecule has 0 spiro atoms. The Morgan fingerprint density at radius 3 is 2.41 bits per heavy atom. The standard InChI is InChI=1S/C25H29N3O5S/c1-25(24(30)27-31,34(2,32)33)12-14-28-13-11-20-15-19(7-10-22(20)23(28)29)18-5-3-17(4-6-18)16-26-21-8-9-21/h3-7,10-11,13,15,21,26,31H,8-9,12,14,16H2,1-2H3,(H,27,30)/t25-/m1/s1. The molecule has 1 amide bonds. The summed E-state index contributed by atoms with van der Waals surface area (Å²) >= 11 is 0. The molecule has 3 aromatic rings. The molecule has 1 atom stereocenters. The van der Waals surface area contributed by atoms with Gasteiger partial charge in [0.15, 0.2) is 14.6 Å². The van der Waals surface area contributed by atoms with Gasteiger partial charge in [0.2, 0.25) is 0 Å². The van der Waals surface area contributed by atoms with Crippen molar-refractivity contribution in [2.75, 3.05) is 6.26 Å². The second kappa shape index (κ2) is 9.32. The first-order valence-corrected chi connectivity index (χ1v) is 13.1. The lowest BCUT2D eigenvalue weighted by atomic mass is 10.0. The number of carbonyl (C=O) groups excluding carboxylic acids is 1. The Labute approximate surface area is 198 Å². The minimum absolute atomic E-state index is 0.00384. The number of aromatic nitrogens is 1. The maximum absolute atomic E-state index is 13.0. The maximum atomic E-state index is 13.0. The first-order valence-electron chi connectivity index (χ1n) is 11.2. The Kier molecular flexibility index (Phi) is 6.62. The second-order valence-electron chi connectivity index (χ2n) is 9.16. The van der Waals surface area contributed by atoms with Crippen molar-refractivity contribution in [3.63, 3.8) is 0 Å². The van der Waals surface area contributed by atoms with Crippen molar-refractivity contribution in [2.45, 2.75) is 50.1 Å². The zero-order chi connectivity index (χ0) is 24.5. The molecule has 4 rings (SSSR count). The summed E-state index contributed by atoms with van der Waals surface area (Å²) in [7, 11) is -3.84. The monoisotopic (exact) mass is 483 g/mol. The van der Waals surface area contributed by atoms with Gasteiger partial charge in [0.05, 0.1) is 0 Å². The van der Waals surface area contributed by atoms with E-state index in [1.807, 2.05) is 12.1 Å². The molecule has 8 nitrogen and oxygen atoms in total. The summed E-state index contributed by atoms with van der Waals surface area (Å²) in [6.45, 7) is 2.10. The van der Waals surface area contributed by atoms with Crippen LogP contribution in [-0.2, 0) is 27.7 Å². The summed E-state index contributed by atoms with van der Waals surface area (Å²) in [5.41, 5.74) is 4.43. The van der Waals surface area contributed by atoms with Gasteiger partial charge in [-0.3, -0.25) is 14.8 Å². The molecule has 34 heavy (non-hydrogen) atoms. The highest BCUT2D eigenvalue weighted by Gasteiger charge is 2.43. The van der Waals surface area contributed by atoms with Gasteiger partial charge < -0.3 is 9.88 Å². The Bertz CT molecular complexity index is 1380. The van der Waals surface area contributed by atoms with Crippen LogP contribution in [0.5, 0.6) is 0 Å². The van der Waals surface area contributed by atoms with E-state index in [-0.39, 0.29) is 18.5 Å². The number of nitrogens with one attached hydrogen (secondary N) is 2. The maximum Gasteiger partial charge on any atom is 0.264 e. The quantitative estimate of drug-likeness (QED) is 0.318. The number of amides is 1. The lowest BCUT2D eigenvalue weighted by Gasteiger charge is -2.25. The third kappa shape index (κ3) is 4.91. The molecule has 0 saturated heterocycles. The van der Waals surface area contributed by atoms with Gasteiger partial charge in [-0.05, 0) is 66.5 Å². The van der Waals surface area contributed by atoms with Crippen molar-refractivity contribution in [2.24, 2.45) is 0 Å². The Morgan fingerprint density at radius 1 is 1.12 bits per heavy atom. The van der Waals surface area contributed by atoms with Crippen molar-refractivity contribution < 1.29 is 18.4 Å². The van der Waals surface area contributed by atoms with Crippen molar-refractivity contribution >= 4 is 26.5 Å². The zero-order valence-electron chi connectivity index (χ0n) is 19.2. The normalized spacial score (nSPS) is 15.7. The minimum Gasteiger partial charge on any atom is -0.315 e. The summed E-state index contributed by atoms with van der Waals surface area (Å²) in [6.07, 6.45) is 4.88. The smallest absolute Gasteiger partial charge is 0.264 e. The molecule has 180 valence electrons. The number of pyridine rings is 1. The number of hydrogen-bond donors (Lipinski definition) is 3. The number of hydrogen-bond acceptors (Lipinski definition) is 6. The summed E-state index contributed by atoms with van der Waals surface area (Å²) in [4.78, 5) is 25.0. The summed E-state index contributed by atoms with van der Waals surface area (Å²) in [5.74, 6) is -1.03. The van der Waals surface area contributed by atoms with Crippen molar-refractivity contribution in [1.29, 1.82) is 0 Å². The van der Waals surface area contributed by atoms with Gasteiger partial charge in [0, 0.05) is 37.0 Å². The molecular formula is C25H29N3O5S. The molecule has 2 aromatic carbocycles. The number of hydroxylamine groups is 1. The van der Waals surface area contributed by atoms with E-state index < -0.39 is 20.5 Å². The molecule has 0 bridgehead atoms. The van der Waals surface area contributed by atoms with E-state index in [2.05, 4.69) is 29.6 Å². The van der Waals surface area contributed by atoms with Crippen LogP contribution in [0, 0.1) is 0 Å². The Morgan fingerprint density at radius 2 is 1.79 bits per heavy atom. The first kappa shape index (κ1) is 24.1. The molecule has 0 unspecified atom stereocenters. The number of carbonyl (C=O) groups is 1. The van der Waals surface area contributed by atoms with E-state index >= 15 is 0 Å². The number of rotatable bonds is 9. The largest absolute Gasteiger partial charge is 0.315 e. The fourth-order valence-electron chi connectivity index (χ4n) is 3.93. The van der Waals surface area contributed by atoms with Gasteiger partial charge in [-0.2, -0.15) is 0 Å². The Hall–Kier alpha value is -3.01. The van der Waals surface area contributed by atoms with Crippen LogP contribution in [0.3, 0.4) is 0 Å². The number of aryl methyl sites for hydroxylation is 1. The number of nitrogens with zero attached hydrogens (tertiary/aromatic N) is 1. The number of fused-ring (bicyclic) bond motifs is 1. The van der Waals surface area contributed by atoms with E-state index in [1.54, 1.807) is 18.3 Å². The van der Waals surface area contributed by atoms with Crippen LogP contribution in [-0.4, -0.2) is 41.1 Å². The van der Waals surface area contributed by atoms with E-state index in [9.17, 15) is 18.0 Å². The van der Waals surface area contributed by atoms with Crippen LogP contribution >= 0.6 is 0 Å². The van der Waals surface area contributed by atoms with Gasteiger partial charge in [-0.1, -0.05) is 30.3 Å². The average molecular weight is 484 g/mol. The van der Waals surface area contributed by atoms with Crippen LogP contribution in [0.1, 0.15) is 31.7 Å². The van der Waals surface area contributed by atoms with Gasteiger partial charge in [-0.15, -0.1) is 0 Å². The molecule has 3 N–H and O–H groups in total. The number of sulfone groups is 1. The molecule has 1 fully saturated rings. The fourth-order valence-corrected chi connectivity index (χ4v) is 4.77. The van der Waals surface area contributed by atoms with Gasteiger partial charge >= 0.3 is 0 Å². The average Bonchev–Trinajstić information content (AvgIpc) is 3.65. The highest BCUT2D eigenvalue weighted by atomic mass is 32.2. The van der Waals surface area contributed by atoms with E-state index in [1.165, 1.54) is 35.4 Å². The predicted molar refractivity (Wildman–Crippen MR) is 131 cm³/mol.